The molecule has 0 aliphatic rings. The molecule has 0 spiro atoms. The van der Waals surface area contributed by atoms with E-state index >= 15 is 0 Å². The van der Waals surface area contributed by atoms with Crippen LogP contribution >= 0.6 is 23.2 Å². The van der Waals surface area contributed by atoms with Gasteiger partial charge in [-0.05, 0) is 6.07 Å². The molecular weight excluding hydrogens is 323 g/mol. The fraction of sp³-hybridized carbons (Fsp3) is 0. The first-order chi connectivity index (χ1) is 9.88. The molecule has 1 N–H and O–H groups in total. The standard InChI is InChI=1S/C12H6Cl2N2O5/c13-9-2-7(16(19)20)3-10(14)11(9)21-8-1-6(12(17)18)4-15-5-8/h1-5H,(H,17,18). The summed E-state index contributed by atoms with van der Waals surface area (Å²) >= 11 is 11.8. The van der Waals surface area contributed by atoms with E-state index in [0.717, 1.165) is 18.3 Å². The maximum absolute atomic E-state index is 10.8. The molecule has 1 aromatic heterocycles. The molecule has 0 bridgehead atoms. The molecule has 0 aliphatic carbocycles. The quantitative estimate of drug-likeness (QED) is 0.676. The number of aromatic nitrogens is 1. The third kappa shape index (κ3) is 3.39. The molecule has 2 rings (SSSR count). The van der Waals surface area contributed by atoms with Crippen LogP contribution in [-0.2, 0) is 0 Å². The Bertz CT molecular complexity index is 712. The van der Waals surface area contributed by atoms with Crippen molar-refractivity contribution in [2.24, 2.45) is 0 Å². The van der Waals surface area contributed by atoms with Gasteiger partial charge >= 0.3 is 5.97 Å². The monoisotopic (exact) mass is 328 g/mol. The van der Waals surface area contributed by atoms with Crippen molar-refractivity contribution in [3.05, 3.63) is 56.3 Å². The zero-order valence-corrected chi connectivity index (χ0v) is 11.6. The number of non-ortho nitro benzene ring substituents is 1. The summed E-state index contributed by atoms with van der Waals surface area (Å²) in [5.74, 6) is -1.10. The molecule has 0 amide bonds. The van der Waals surface area contributed by atoms with Crippen LogP contribution in [0, 0.1) is 10.1 Å². The van der Waals surface area contributed by atoms with E-state index in [-0.39, 0.29) is 32.8 Å². The minimum atomic E-state index is -1.17. The van der Waals surface area contributed by atoms with Crippen LogP contribution in [0.15, 0.2) is 30.6 Å². The third-order valence-electron chi connectivity index (χ3n) is 2.37. The highest BCUT2D eigenvalue weighted by molar-refractivity contribution is 6.37. The van der Waals surface area contributed by atoms with Crippen molar-refractivity contribution in [2.75, 3.05) is 0 Å². The van der Waals surface area contributed by atoms with Crippen LogP contribution in [0.25, 0.3) is 0 Å². The van der Waals surface area contributed by atoms with Gasteiger partial charge in [-0.2, -0.15) is 0 Å². The van der Waals surface area contributed by atoms with Crippen molar-refractivity contribution in [2.45, 2.75) is 0 Å². The Kier molecular flexibility index (Phi) is 4.25. The van der Waals surface area contributed by atoms with Gasteiger partial charge in [-0.3, -0.25) is 15.1 Å². The van der Waals surface area contributed by atoms with Crippen molar-refractivity contribution >= 4 is 34.9 Å². The Morgan fingerprint density at radius 2 is 1.86 bits per heavy atom. The molecule has 0 saturated carbocycles. The summed E-state index contributed by atoms with van der Waals surface area (Å²) in [6, 6.07) is 3.39. The molecule has 0 saturated heterocycles. The lowest BCUT2D eigenvalue weighted by Crippen LogP contribution is -1.98. The lowest BCUT2D eigenvalue weighted by molar-refractivity contribution is -0.384. The summed E-state index contributed by atoms with van der Waals surface area (Å²) in [7, 11) is 0. The smallest absolute Gasteiger partial charge is 0.337 e. The highest BCUT2D eigenvalue weighted by atomic mass is 35.5. The minimum Gasteiger partial charge on any atom is -0.478 e. The SMILES string of the molecule is O=C(O)c1cncc(Oc2c(Cl)cc([N+](=O)[O-])cc2Cl)c1. The number of nitro groups is 1. The molecular formula is C12H6Cl2N2O5. The zero-order valence-electron chi connectivity index (χ0n) is 10.1. The predicted molar refractivity (Wildman–Crippen MR) is 74.4 cm³/mol. The molecule has 0 radical (unpaired) electrons. The number of carboxylic acid groups (broad SMARTS) is 1. The second kappa shape index (κ2) is 5.94. The highest BCUT2D eigenvalue weighted by Crippen LogP contribution is 2.39. The molecule has 0 unspecified atom stereocenters. The second-order valence-corrected chi connectivity index (χ2v) is 4.63. The molecule has 9 heteroatoms. The number of nitrogens with zero attached hydrogens (tertiary/aromatic N) is 2. The third-order valence-corrected chi connectivity index (χ3v) is 2.94. The van der Waals surface area contributed by atoms with Crippen molar-refractivity contribution in [3.8, 4) is 11.5 Å². The average molecular weight is 329 g/mol. The Balaban J connectivity index is 2.38. The van der Waals surface area contributed by atoms with Gasteiger partial charge < -0.3 is 9.84 Å². The number of pyridine rings is 1. The number of hydrogen-bond donors (Lipinski definition) is 1. The molecule has 1 aromatic carbocycles. The lowest BCUT2D eigenvalue weighted by Gasteiger charge is -2.09. The van der Waals surface area contributed by atoms with Crippen LogP contribution in [-0.4, -0.2) is 21.0 Å². The van der Waals surface area contributed by atoms with E-state index < -0.39 is 10.9 Å². The van der Waals surface area contributed by atoms with Crippen LogP contribution in [0.2, 0.25) is 10.0 Å². The second-order valence-electron chi connectivity index (χ2n) is 3.81. The molecule has 0 aliphatic heterocycles. The van der Waals surface area contributed by atoms with E-state index in [1.54, 1.807) is 0 Å². The highest BCUT2D eigenvalue weighted by Gasteiger charge is 2.17. The van der Waals surface area contributed by atoms with Crippen molar-refractivity contribution in [3.63, 3.8) is 0 Å². The van der Waals surface area contributed by atoms with Crippen LogP contribution in [0.3, 0.4) is 0 Å². The van der Waals surface area contributed by atoms with E-state index in [4.69, 9.17) is 33.0 Å². The number of nitro benzene ring substituents is 1. The van der Waals surface area contributed by atoms with Gasteiger partial charge in [-0.15, -0.1) is 0 Å². The molecule has 21 heavy (non-hydrogen) atoms. The summed E-state index contributed by atoms with van der Waals surface area (Å²) in [6.45, 7) is 0. The van der Waals surface area contributed by atoms with Crippen molar-refractivity contribution < 1.29 is 19.6 Å². The Labute approximate surface area is 127 Å². The average Bonchev–Trinajstić information content (AvgIpc) is 2.42. The van der Waals surface area contributed by atoms with Gasteiger partial charge in [0.25, 0.3) is 5.69 Å². The predicted octanol–water partition coefficient (Wildman–Crippen LogP) is 3.79. The van der Waals surface area contributed by atoms with Gasteiger partial charge in [0.1, 0.15) is 5.75 Å². The van der Waals surface area contributed by atoms with E-state index in [2.05, 4.69) is 4.98 Å². The summed E-state index contributed by atoms with van der Waals surface area (Å²) in [5.41, 5.74) is -0.364. The van der Waals surface area contributed by atoms with Crippen molar-refractivity contribution in [1.29, 1.82) is 0 Å². The number of halogens is 2. The summed E-state index contributed by atoms with van der Waals surface area (Å²) < 4.78 is 5.35. The van der Waals surface area contributed by atoms with Crippen molar-refractivity contribution in [1.82, 2.24) is 4.98 Å². The topological polar surface area (TPSA) is 103 Å². The molecule has 1 heterocycles. The van der Waals surface area contributed by atoms with Gasteiger partial charge in [-0.25, -0.2) is 4.79 Å². The van der Waals surface area contributed by atoms with E-state index in [9.17, 15) is 14.9 Å². The van der Waals surface area contributed by atoms with Gasteiger partial charge in [-0.1, -0.05) is 23.2 Å². The Morgan fingerprint density at radius 3 is 2.38 bits per heavy atom. The molecule has 0 atom stereocenters. The first-order valence-electron chi connectivity index (χ1n) is 5.38. The lowest BCUT2D eigenvalue weighted by atomic mass is 10.2. The first-order valence-corrected chi connectivity index (χ1v) is 6.13. The van der Waals surface area contributed by atoms with E-state index in [1.165, 1.54) is 12.3 Å². The maximum atomic E-state index is 10.8. The van der Waals surface area contributed by atoms with E-state index in [0.29, 0.717) is 0 Å². The van der Waals surface area contributed by atoms with Crippen LogP contribution in [0.1, 0.15) is 10.4 Å². The van der Waals surface area contributed by atoms with Crippen LogP contribution < -0.4 is 4.74 Å². The summed E-state index contributed by atoms with van der Waals surface area (Å²) in [5, 5.41) is 19.4. The van der Waals surface area contributed by atoms with Gasteiger partial charge in [0.15, 0.2) is 5.75 Å². The normalized spacial score (nSPS) is 10.2. The van der Waals surface area contributed by atoms with E-state index in [1.807, 2.05) is 0 Å². The summed E-state index contributed by atoms with van der Waals surface area (Å²) in [6.07, 6.45) is 2.41. The van der Waals surface area contributed by atoms with Gasteiger partial charge in [0.2, 0.25) is 0 Å². The van der Waals surface area contributed by atoms with Gasteiger partial charge in [0.05, 0.1) is 26.7 Å². The number of carboxylic acids is 1. The number of carbonyl (C=O) groups is 1. The zero-order chi connectivity index (χ0) is 15.6. The summed E-state index contributed by atoms with van der Waals surface area (Å²) in [4.78, 5) is 24.6. The van der Waals surface area contributed by atoms with Gasteiger partial charge in [0, 0.05) is 18.3 Å². The fourth-order valence-electron chi connectivity index (χ4n) is 1.46. The number of aromatic carboxylic acids is 1. The molecule has 0 fully saturated rings. The molecule has 2 aromatic rings. The first kappa shape index (κ1) is 15.0. The number of hydrogen-bond acceptors (Lipinski definition) is 5. The number of benzene rings is 1. The molecule has 108 valence electrons. The fourth-order valence-corrected chi connectivity index (χ4v) is 2.01. The number of rotatable bonds is 4. The number of ether oxygens (including phenoxy) is 1. The minimum absolute atomic E-state index is 0.0201. The maximum Gasteiger partial charge on any atom is 0.337 e. The Hall–Kier alpha value is -2.38. The largest absolute Gasteiger partial charge is 0.478 e. The molecule has 7 nitrogen and oxygen atoms in total. The Morgan fingerprint density at radius 1 is 1.24 bits per heavy atom. The van der Waals surface area contributed by atoms with Crippen LogP contribution in [0.4, 0.5) is 5.69 Å². The van der Waals surface area contributed by atoms with Crippen LogP contribution in [0.5, 0.6) is 11.5 Å².